The van der Waals surface area contributed by atoms with Gasteiger partial charge < -0.3 is 5.73 Å². The largest absolute Gasteiger partial charge is 0.383 e. The van der Waals surface area contributed by atoms with E-state index in [-0.39, 0.29) is 16.8 Å². The molecule has 25 heavy (non-hydrogen) atoms. The maximum absolute atomic E-state index is 13.1. The number of nitriles is 2. The number of carbonyl (C=O) groups excluding carboxylic acids is 1. The minimum Gasteiger partial charge on any atom is -0.383 e. The van der Waals surface area contributed by atoms with E-state index in [0.29, 0.717) is 22.1 Å². The number of pyridine rings is 1. The summed E-state index contributed by atoms with van der Waals surface area (Å²) in [5.41, 5.74) is 6.15. The van der Waals surface area contributed by atoms with E-state index >= 15 is 0 Å². The van der Waals surface area contributed by atoms with Crippen LogP contribution in [0.25, 0.3) is 0 Å². The first kappa shape index (κ1) is 16.4. The molecule has 6 heteroatoms. The fourth-order valence-electron chi connectivity index (χ4n) is 5.53. The lowest BCUT2D eigenvalue weighted by atomic mass is 9.48. The molecule has 4 aliphatic rings. The molecule has 1 aromatic heterocycles. The monoisotopic (exact) mass is 352 g/mol. The van der Waals surface area contributed by atoms with E-state index in [0.717, 1.165) is 37.0 Å². The Labute approximate surface area is 151 Å². The molecule has 0 saturated heterocycles. The smallest absolute Gasteiger partial charge is 0.149 e. The Kier molecular flexibility index (Phi) is 3.96. The van der Waals surface area contributed by atoms with E-state index in [2.05, 4.69) is 11.1 Å². The van der Waals surface area contributed by atoms with Crippen LogP contribution in [0.2, 0.25) is 0 Å². The van der Waals surface area contributed by atoms with Crippen LogP contribution in [-0.4, -0.2) is 16.5 Å². The highest BCUT2D eigenvalue weighted by molar-refractivity contribution is 8.00. The highest BCUT2D eigenvalue weighted by atomic mass is 32.2. The van der Waals surface area contributed by atoms with Crippen LogP contribution in [0.1, 0.15) is 49.7 Å². The first-order valence-electron chi connectivity index (χ1n) is 8.80. The molecule has 0 atom stereocenters. The SMILES string of the molecule is N#Cc1cc(C#N)c(SCC(=O)C23CC4CC(CC(C4)C2)C3)nc1N. The number of thioether (sulfide) groups is 1. The molecular formula is C19H20N4OS. The van der Waals surface area contributed by atoms with Gasteiger partial charge in [-0.25, -0.2) is 4.98 Å². The van der Waals surface area contributed by atoms with Crippen molar-refractivity contribution in [2.75, 3.05) is 11.5 Å². The van der Waals surface area contributed by atoms with Gasteiger partial charge in [-0.05, 0) is 62.3 Å². The number of nitrogen functional groups attached to an aromatic ring is 1. The summed E-state index contributed by atoms with van der Waals surface area (Å²) in [4.78, 5) is 17.2. The van der Waals surface area contributed by atoms with Gasteiger partial charge in [0, 0.05) is 5.41 Å². The molecule has 0 radical (unpaired) electrons. The molecule has 128 valence electrons. The second kappa shape index (κ2) is 6.04. The lowest BCUT2D eigenvalue weighted by molar-refractivity contribution is -0.141. The molecule has 0 aromatic carbocycles. The van der Waals surface area contributed by atoms with Crippen LogP contribution in [-0.2, 0) is 4.79 Å². The Morgan fingerprint density at radius 2 is 1.72 bits per heavy atom. The molecule has 4 fully saturated rings. The van der Waals surface area contributed by atoms with Crippen molar-refractivity contribution in [1.82, 2.24) is 4.98 Å². The number of anilines is 1. The van der Waals surface area contributed by atoms with Crippen molar-refractivity contribution in [3.8, 4) is 12.1 Å². The first-order chi connectivity index (χ1) is 12.0. The van der Waals surface area contributed by atoms with Crippen molar-refractivity contribution >= 4 is 23.4 Å². The molecule has 1 aromatic rings. The average molecular weight is 352 g/mol. The number of ketones is 1. The highest BCUT2D eigenvalue weighted by Crippen LogP contribution is 2.60. The average Bonchev–Trinajstić information content (AvgIpc) is 2.58. The predicted molar refractivity (Wildman–Crippen MR) is 94.4 cm³/mol. The number of hydrogen-bond donors (Lipinski definition) is 1. The van der Waals surface area contributed by atoms with E-state index < -0.39 is 0 Å². The normalized spacial score (nSPS) is 32.2. The minimum atomic E-state index is -0.132. The maximum atomic E-state index is 13.1. The molecule has 4 aliphatic carbocycles. The zero-order valence-corrected chi connectivity index (χ0v) is 14.8. The maximum Gasteiger partial charge on any atom is 0.149 e. The zero-order valence-electron chi connectivity index (χ0n) is 14.0. The Morgan fingerprint density at radius 1 is 1.16 bits per heavy atom. The van der Waals surface area contributed by atoms with E-state index in [1.54, 1.807) is 0 Å². The molecule has 0 unspecified atom stereocenters. The Balaban J connectivity index is 1.51. The van der Waals surface area contributed by atoms with Gasteiger partial charge in [0.05, 0.1) is 16.9 Å². The summed E-state index contributed by atoms with van der Waals surface area (Å²) < 4.78 is 0. The van der Waals surface area contributed by atoms with Crippen LogP contribution >= 0.6 is 11.8 Å². The Bertz CT molecular complexity index is 785. The third-order valence-electron chi connectivity index (χ3n) is 6.23. The topological polar surface area (TPSA) is 104 Å². The zero-order chi connectivity index (χ0) is 17.6. The molecule has 0 aliphatic heterocycles. The third-order valence-corrected chi connectivity index (χ3v) is 7.22. The summed E-state index contributed by atoms with van der Waals surface area (Å²) in [6, 6.07) is 5.45. The van der Waals surface area contributed by atoms with Crippen LogP contribution in [0, 0.1) is 45.8 Å². The number of hydrogen-bond acceptors (Lipinski definition) is 6. The van der Waals surface area contributed by atoms with E-state index in [9.17, 15) is 10.1 Å². The number of Topliss-reactive ketones (excluding diaryl/α,β-unsaturated/α-hetero) is 1. The molecule has 0 spiro atoms. The number of aromatic nitrogens is 1. The Morgan fingerprint density at radius 3 is 2.24 bits per heavy atom. The highest BCUT2D eigenvalue weighted by Gasteiger charge is 2.54. The number of nitrogens with zero attached hydrogens (tertiary/aromatic N) is 3. The van der Waals surface area contributed by atoms with Crippen LogP contribution < -0.4 is 5.73 Å². The third kappa shape index (κ3) is 2.79. The fourth-order valence-corrected chi connectivity index (χ4v) is 6.53. The van der Waals surface area contributed by atoms with Crippen molar-refractivity contribution in [2.24, 2.45) is 23.2 Å². The van der Waals surface area contributed by atoms with Crippen molar-refractivity contribution in [2.45, 2.75) is 43.6 Å². The van der Waals surface area contributed by atoms with Gasteiger partial charge in [0.2, 0.25) is 0 Å². The van der Waals surface area contributed by atoms with Gasteiger partial charge in [-0.1, -0.05) is 11.8 Å². The second-order valence-corrected chi connectivity index (χ2v) is 8.87. The molecule has 0 amide bonds. The van der Waals surface area contributed by atoms with Crippen LogP contribution in [0.3, 0.4) is 0 Å². The lowest BCUT2D eigenvalue weighted by Crippen LogP contribution is -2.50. The number of nitrogens with two attached hydrogens (primary N) is 1. The van der Waals surface area contributed by atoms with Gasteiger partial charge in [0.25, 0.3) is 0 Å². The summed E-state index contributed by atoms with van der Waals surface area (Å²) in [6.45, 7) is 0. The molecule has 2 N–H and O–H groups in total. The Hall–Kier alpha value is -2.05. The summed E-state index contributed by atoms with van der Waals surface area (Å²) in [7, 11) is 0. The molecule has 1 heterocycles. The van der Waals surface area contributed by atoms with Gasteiger partial charge >= 0.3 is 0 Å². The standard InChI is InChI=1S/C19H20N4OS/c20-8-14-4-15(9-21)18(23-17(14)22)25-10-16(24)19-5-11-1-12(6-19)3-13(2-11)7-19/h4,11-13H,1-3,5-7,10H2,(H2,22,23). The van der Waals surface area contributed by atoms with E-state index in [1.807, 2.05) is 6.07 Å². The molecule has 4 saturated carbocycles. The first-order valence-corrected chi connectivity index (χ1v) is 9.78. The van der Waals surface area contributed by atoms with Crippen LogP contribution in [0.4, 0.5) is 5.82 Å². The number of carbonyl (C=O) groups is 1. The second-order valence-electron chi connectivity index (χ2n) is 7.91. The number of rotatable bonds is 4. The quantitative estimate of drug-likeness (QED) is 0.834. The minimum absolute atomic E-state index is 0.117. The van der Waals surface area contributed by atoms with Gasteiger partial charge in [-0.3, -0.25) is 4.79 Å². The summed E-state index contributed by atoms with van der Waals surface area (Å²) in [6.07, 6.45) is 7.08. The van der Waals surface area contributed by atoms with Gasteiger partial charge in [-0.2, -0.15) is 10.5 Å². The molecular weight excluding hydrogens is 332 g/mol. The van der Waals surface area contributed by atoms with Crippen molar-refractivity contribution in [3.05, 3.63) is 17.2 Å². The van der Waals surface area contributed by atoms with Crippen molar-refractivity contribution in [3.63, 3.8) is 0 Å². The molecule has 4 bridgehead atoms. The van der Waals surface area contributed by atoms with Crippen LogP contribution in [0.5, 0.6) is 0 Å². The van der Waals surface area contributed by atoms with E-state index in [4.69, 9.17) is 11.0 Å². The van der Waals surface area contributed by atoms with E-state index in [1.165, 1.54) is 37.1 Å². The van der Waals surface area contributed by atoms with Gasteiger partial charge in [0.1, 0.15) is 28.8 Å². The van der Waals surface area contributed by atoms with Gasteiger partial charge in [0.15, 0.2) is 0 Å². The van der Waals surface area contributed by atoms with Crippen LogP contribution in [0.15, 0.2) is 11.1 Å². The van der Waals surface area contributed by atoms with Gasteiger partial charge in [-0.15, -0.1) is 0 Å². The lowest BCUT2D eigenvalue weighted by Gasteiger charge is -2.56. The molecule has 5 nitrogen and oxygen atoms in total. The molecule has 5 rings (SSSR count). The summed E-state index contributed by atoms with van der Waals surface area (Å²) in [5.74, 6) is 2.96. The van der Waals surface area contributed by atoms with Crippen molar-refractivity contribution < 1.29 is 4.79 Å². The summed E-state index contributed by atoms with van der Waals surface area (Å²) in [5, 5.41) is 18.7. The predicted octanol–water partition coefficient (Wildman–Crippen LogP) is 3.28. The fraction of sp³-hybridized carbons (Fsp3) is 0.579. The summed E-state index contributed by atoms with van der Waals surface area (Å²) >= 11 is 1.29. The van der Waals surface area contributed by atoms with Crippen molar-refractivity contribution in [1.29, 1.82) is 10.5 Å².